The molecule has 1 aromatic carbocycles. The lowest BCUT2D eigenvalue weighted by atomic mass is 9.85. The van der Waals surface area contributed by atoms with Gasteiger partial charge in [-0.1, -0.05) is 12.5 Å². The van der Waals surface area contributed by atoms with Crippen LogP contribution in [-0.4, -0.2) is 25.0 Å². The molecule has 1 fully saturated rings. The maximum absolute atomic E-state index is 12.6. The molecule has 0 spiro atoms. The molecule has 7 heteroatoms. The van der Waals surface area contributed by atoms with Gasteiger partial charge in [0.15, 0.2) is 0 Å². The number of nitrogens with one attached hydrogen (secondary N) is 1. The Morgan fingerprint density at radius 3 is 2.62 bits per heavy atom. The minimum Gasteiger partial charge on any atom is -0.376 e. The van der Waals surface area contributed by atoms with Crippen LogP contribution in [0.2, 0.25) is 0 Å². The van der Waals surface area contributed by atoms with Gasteiger partial charge in [-0.2, -0.15) is 0 Å². The summed E-state index contributed by atoms with van der Waals surface area (Å²) in [6.07, 6.45) is 7.34. The molecule has 1 N–H and O–H groups in total. The van der Waals surface area contributed by atoms with E-state index in [1.54, 1.807) is 24.5 Å². The number of sulfonamides is 1. The number of anilines is 1. The predicted octanol–water partition coefficient (Wildman–Crippen LogP) is 2.62. The third kappa shape index (κ3) is 3.01. The molecule has 4 rings (SSSR count). The van der Waals surface area contributed by atoms with Gasteiger partial charge in [0, 0.05) is 5.92 Å². The van der Waals surface area contributed by atoms with Crippen LogP contribution in [0, 0.1) is 0 Å². The van der Waals surface area contributed by atoms with E-state index in [1.165, 1.54) is 6.42 Å². The van der Waals surface area contributed by atoms with Crippen molar-refractivity contribution in [3.05, 3.63) is 47.5 Å². The molecule has 0 amide bonds. The summed E-state index contributed by atoms with van der Waals surface area (Å²) >= 11 is 0. The molecular formula is C17H19N3O3S. The van der Waals surface area contributed by atoms with Crippen LogP contribution in [0.5, 0.6) is 0 Å². The number of ether oxygens (including phenoxy) is 1. The Kier molecular flexibility index (Phi) is 3.97. The highest BCUT2D eigenvalue weighted by Gasteiger charge is 2.22. The van der Waals surface area contributed by atoms with Crippen molar-refractivity contribution in [2.75, 3.05) is 11.3 Å². The second kappa shape index (κ2) is 6.14. The summed E-state index contributed by atoms with van der Waals surface area (Å²) in [5.41, 5.74) is 2.46. The third-order valence-corrected chi connectivity index (χ3v) is 6.03. The number of hydrogen-bond acceptors (Lipinski definition) is 5. The normalized spacial score (nSPS) is 17.8. The monoisotopic (exact) mass is 345 g/mol. The van der Waals surface area contributed by atoms with Crippen molar-refractivity contribution in [1.29, 1.82) is 0 Å². The first kappa shape index (κ1) is 15.5. The molecule has 2 aromatic rings. The maximum atomic E-state index is 12.6. The Labute approximate surface area is 141 Å². The summed E-state index contributed by atoms with van der Waals surface area (Å²) in [7, 11) is -3.66. The fourth-order valence-electron chi connectivity index (χ4n) is 2.99. The fraction of sp³-hybridized carbons (Fsp3) is 0.412. The van der Waals surface area contributed by atoms with Crippen molar-refractivity contribution < 1.29 is 13.2 Å². The highest BCUT2D eigenvalue weighted by atomic mass is 32.2. The van der Waals surface area contributed by atoms with Gasteiger partial charge >= 0.3 is 0 Å². The zero-order chi connectivity index (χ0) is 16.6. The Balaban J connectivity index is 1.54. The Morgan fingerprint density at radius 1 is 1.12 bits per heavy atom. The molecule has 2 aliphatic rings. The van der Waals surface area contributed by atoms with E-state index in [4.69, 9.17) is 4.74 Å². The van der Waals surface area contributed by atoms with Crippen molar-refractivity contribution in [3.63, 3.8) is 0 Å². The summed E-state index contributed by atoms with van der Waals surface area (Å²) in [4.78, 5) is 8.81. The number of aromatic nitrogens is 2. The number of fused-ring (bicyclic) bond motifs is 1. The molecule has 0 atom stereocenters. The molecule has 24 heavy (non-hydrogen) atoms. The maximum Gasteiger partial charge on any atom is 0.262 e. The minimum atomic E-state index is -3.66. The summed E-state index contributed by atoms with van der Waals surface area (Å²) < 4.78 is 33.1. The van der Waals surface area contributed by atoms with Crippen LogP contribution < -0.4 is 4.72 Å². The molecule has 0 radical (unpaired) electrons. The smallest absolute Gasteiger partial charge is 0.262 e. The average molecular weight is 345 g/mol. The lowest BCUT2D eigenvalue weighted by Crippen LogP contribution is -2.17. The lowest BCUT2D eigenvalue weighted by molar-refractivity contribution is 0.110. The molecule has 126 valence electrons. The van der Waals surface area contributed by atoms with Crippen LogP contribution in [0.1, 0.15) is 42.1 Å². The van der Waals surface area contributed by atoms with Crippen molar-refractivity contribution >= 4 is 15.7 Å². The zero-order valence-electron chi connectivity index (χ0n) is 13.2. The van der Waals surface area contributed by atoms with Crippen LogP contribution in [0.3, 0.4) is 0 Å². The number of nitrogens with zero attached hydrogens (tertiary/aromatic N) is 2. The van der Waals surface area contributed by atoms with E-state index in [0.29, 0.717) is 24.8 Å². The van der Waals surface area contributed by atoms with E-state index in [9.17, 15) is 8.42 Å². The molecule has 1 aromatic heterocycles. The van der Waals surface area contributed by atoms with Crippen molar-refractivity contribution in [1.82, 2.24) is 9.97 Å². The van der Waals surface area contributed by atoms with Gasteiger partial charge in [-0.15, -0.1) is 0 Å². The van der Waals surface area contributed by atoms with E-state index in [-0.39, 0.29) is 4.90 Å². The van der Waals surface area contributed by atoms with E-state index < -0.39 is 10.0 Å². The van der Waals surface area contributed by atoms with Gasteiger partial charge in [0.25, 0.3) is 10.0 Å². The molecule has 2 heterocycles. The summed E-state index contributed by atoms with van der Waals surface area (Å²) in [5, 5.41) is 0. The molecule has 1 saturated carbocycles. The van der Waals surface area contributed by atoms with E-state index in [2.05, 4.69) is 14.7 Å². The highest BCUT2D eigenvalue weighted by molar-refractivity contribution is 7.92. The first-order chi connectivity index (χ1) is 11.6. The van der Waals surface area contributed by atoms with Crippen molar-refractivity contribution in [2.24, 2.45) is 0 Å². The van der Waals surface area contributed by atoms with Gasteiger partial charge in [-0.25, -0.2) is 18.4 Å². The molecule has 1 aliphatic carbocycles. The molecule has 6 nitrogen and oxygen atoms in total. The lowest BCUT2D eigenvalue weighted by Gasteiger charge is -2.23. The van der Waals surface area contributed by atoms with E-state index in [1.807, 2.05) is 6.07 Å². The first-order valence-electron chi connectivity index (χ1n) is 8.16. The minimum absolute atomic E-state index is 0.231. The largest absolute Gasteiger partial charge is 0.376 e. The Bertz CT molecular complexity index is 846. The van der Waals surface area contributed by atoms with Crippen LogP contribution in [0.4, 0.5) is 5.69 Å². The first-order valence-corrected chi connectivity index (χ1v) is 9.64. The van der Waals surface area contributed by atoms with Gasteiger partial charge in [0.2, 0.25) is 0 Å². The summed E-state index contributed by atoms with van der Waals surface area (Å²) in [6, 6.07) is 5.18. The quantitative estimate of drug-likeness (QED) is 0.921. The molecule has 1 aliphatic heterocycles. The summed E-state index contributed by atoms with van der Waals surface area (Å²) in [5.74, 6) is 1.23. The Hall–Kier alpha value is -1.99. The Morgan fingerprint density at radius 2 is 1.92 bits per heavy atom. The second-order valence-electron chi connectivity index (χ2n) is 6.30. The predicted molar refractivity (Wildman–Crippen MR) is 89.2 cm³/mol. The molecule has 0 saturated heterocycles. The second-order valence-corrected chi connectivity index (χ2v) is 7.98. The van der Waals surface area contributed by atoms with Gasteiger partial charge in [-0.3, -0.25) is 4.72 Å². The van der Waals surface area contributed by atoms with Crippen LogP contribution in [-0.2, 0) is 27.8 Å². The van der Waals surface area contributed by atoms with Crippen LogP contribution in [0.15, 0.2) is 35.5 Å². The average Bonchev–Trinajstić information content (AvgIpc) is 2.54. The molecular weight excluding hydrogens is 326 g/mol. The van der Waals surface area contributed by atoms with Gasteiger partial charge in [-0.05, 0) is 42.5 Å². The highest BCUT2D eigenvalue weighted by Crippen LogP contribution is 2.34. The van der Waals surface area contributed by atoms with Crippen molar-refractivity contribution in [3.8, 4) is 0 Å². The topological polar surface area (TPSA) is 81.2 Å². The number of benzene rings is 1. The molecule has 0 unspecified atom stereocenters. The van der Waals surface area contributed by atoms with Gasteiger partial charge in [0.1, 0.15) is 5.82 Å². The number of hydrogen-bond donors (Lipinski definition) is 1. The van der Waals surface area contributed by atoms with E-state index in [0.717, 1.165) is 36.2 Å². The van der Waals surface area contributed by atoms with E-state index >= 15 is 0 Å². The van der Waals surface area contributed by atoms with Crippen molar-refractivity contribution in [2.45, 2.75) is 43.1 Å². The van der Waals surface area contributed by atoms with Crippen LogP contribution in [0.25, 0.3) is 0 Å². The van der Waals surface area contributed by atoms with Gasteiger partial charge < -0.3 is 4.74 Å². The number of rotatable bonds is 4. The summed E-state index contributed by atoms with van der Waals surface area (Å²) in [6.45, 7) is 1.14. The van der Waals surface area contributed by atoms with Crippen LogP contribution >= 0.6 is 0 Å². The van der Waals surface area contributed by atoms with Gasteiger partial charge in [0.05, 0.1) is 36.2 Å². The standard InChI is InChI=1S/C17H19N3O3S/c21-24(22,16-5-4-12-6-7-23-11-14(12)8-16)20-15-9-18-17(19-10-15)13-2-1-3-13/h4-5,8-10,13,20H,1-3,6-7,11H2. The third-order valence-electron chi connectivity index (χ3n) is 4.66. The fourth-order valence-corrected chi connectivity index (χ4v) is 4.07. The SMILES string of the molecule is O=S(=O)(Nc1cnc(C2CCC2)nc1)c1ccc2c(c1)COCC2. The zero-order valence-corrected chi connectivity index (χ0v) is 14.1. The molecule has 0 bridgehead atoms.